The van der Waals surface area contributed by atoms with Crippen LogP contribution in [0.4, 0.5) is 0 Å². The molecule has 0 unspecified atom stereocenters. The second kappa shape index (κ2) is 7.45. The van der Waals surface area contributed by atoms with E-state index in [4.69, 9.17) is 4.74 Å². The van der Waals surface area contributed by atoms with Gasteiger partial charge in [0.2, 0.25) is 0 Å². The van der Waals surface area contributed by atoms with Crippen LogP contribution >= 0.6 is 0 Å². The Balaban J connectivity index is 0.000000686. The quantitative estimate of drug-likeness (QED) is 0.882. The van der Waals surface area contributed by atoms with E-state index in [1.165, 1.54) is 0 Å². The highest BCUT2D eigenvalue weighted by atomic mass is 16.5. The topological polar surface area (TPSA) is 47.3 Å². The SMILES string of the molecule is CC.CCc1cc(CO)n(C2CCOCC2)n1. The van der Waals surface area contributed by atoms with Crippen LogP contribution in [0, 0.1) is 0 Å². The molecular formula is C13H24N2O2. The number of aliphatic hydroxyl groups is 1. The molecule has 1 saturated heterocycles. The number of rotatable bonds is 3. The summed E-state index contributed by atoms with van der Waals surface area (Å²) >= 11 is 0. The minimum atomic E-state index is 0.0738. The van der Waals surface area contributed by atoms with Crippen molar-refractivity contribution < 1.29 is 9.84 Å². The molecule has 1 aliphatic heterocycles. The van der Waals surface area contributed by atoms with Crippen LogP contribution in [0.5, 0.6) is 0 Å². The number of hydrogen-bond donors (Lipinski definition) is 1. The largest absolute Gasteiger partial charge is 0.390 e. The first-order chi connectivity index (χ1) is 8.35. The van der Waals surface area contributed by atoms with Gasteiger partial charge >= 0.3 is 0 Å². The second-order valence-electron chi connectivity index (χ2n) is 3.93. The normalized spacial score (nSPS) is 16.5. The molecule has 0 spiro atoms. The fourth-order valence-corrected chi connectivity index (χ4v) is 2.03. The van der Waals surface area contributed by atoms with E-state index in [-0.39, 0.29) is 6.61 Å². The zero-order chi connectivity index (χ0) is 12.7. The Morgan fingerprint density at radius 1 is 1.41 bits per heavy atom. The number of ether oxygens (including phenoxy) is 1. The van der Waals surface area contributed by atoms with Crippen LogP contribution < -0.4 is 0 Å². The van der Waals surface area contributed by atoms with Crippen molar-refractivity contribution in [1.29, 1.82) is 0 Å². The number of nitrogens with zero attached hydrogens (tertiary/aromatic N) is 2. The first-order valence-electron chi connectivity index (χ1n) is 6.61. The van der Waals surface area contributed by atoms with E-state index in [1.807, 2.05) is 24.6 Å². The third kappa shape index (κ3) is 3.54. The van der Waals surface area contributed by atoms with Crippen LogP contribution in [0.2, 0.25) is 0 Å². The van der Waals surface area contributed by atoms with Crippen molar-refractivity contribution in [2.75, 3.05) is 13.2 Å². The first-order valence-corrected chi connectivity index (χ1v) is 6.61. The zero-order valence-corrected chi connectivity index (χ0v) is 11.1. The van der Waals surface area contributed by atoms with Gasteiger partial charge in [-0.25, -0.2) is 0 Å². The average Bonchev–Trinajstić information content (AvgIpc) is 2.85. The predicted octanol–water partition coefficient (Wildman–Crippen LogP) is 2.32. The summed E-state index contributed by atoms with van der Waals surface area (Å²) in [6, 6.07) is 2.40. The van der Waals surface area contributed by atoms with Gasteiger partial charge in [0.1, 0.15) is 0 Å². The van der Waals surface area contributed by atoms with Crippen LogP contribution in [-0.4, -0.2) is 28.1 Å². The molecule has 0 aromatic carbocycles. The van der Waals surface area contributed by atoms with E-state index in [0.717, 1.165) is 43.9 Å². The lowest BCUT2D eigenvalue weighted by Gasteiger charge is -2.23. The van der Waals surface area contributed by atoms with Crippen LogP contribution in [0.15, 0.2) is 6.07 Å². The maximum atomic E-state index is 9.27. The molecule has 1 aromatic heterocycles. The predicted molar refractivity (Wildman–Crippen MR) is 68.0 cm³/mol. The highest BCUT2D eigenvalue weighted by molar-refractivity contribution is 5.10. The van der Waals surface area contributed by atoms with Crippen molar-refractivity contribution >= 4 is 0 Å². The second-order valence-corrected chi connectivity index (χ2v) is 3.93. The van der Waals surface area contributed by atoms with E-state index in [2.05, 4.69) is 12.0 Å². The summed E-state index contributed by atoms with van der Waals surface area (Å²) in [5, 5.41) is 13.8. The Labute approximate surface area is 104 Å². The van der Waals surface area contributed by atoms with E-state index in [1.54, 1.807) is 0 Å². The van der Waals surface area contributed by atoms with Crippen molar-refractivity contribution in [3.63, 3.8) is 0 Å². The number of aromatic nitrogens is 2. The molecule has 1 fully saturated rings. The summed E-state index contributed by atoms with van der Waals surface area (Å²) in [7, 11) is 0. The zero-order valence-electron chi connectivity index (χ0n) is 11.1. The van der Waals surface area contributed by atoms with Gasteiger partial charge in [-0.3, -0.25) is 4.68 Å². The van der Waals surface area contributed by atoms with E-state index in [0.29, 0.717) is 6.04 Å². The third-order valence-corrected chi connectivity index (χ3v) is 2.92. The van der Waals surface area contributed by atoms with Crippen LogP contribution in [0.3, 0.4) is 0 Å². The highest BCUT2D eigenvalue weighted by Crippen LogP contribution is 2.22. The molecular weight excluding hydrogens is 216 g/mol. The minimum Gasteiger partial charge on any atom is -0.390 e. The first kappa shape index (κ1) is 14.2. The lowest BCUT2D eigenvalue weighted by atomic mass is 10.1. The fourth-order valence-electron chi connectivity index (χ4n) is 2.03. The summed E-state index contributed by atoms with van der Waals surface area (Å²) in [6.45, 7) is 7.76. The summed E-state index contributed by atoms with van der Waals surface area (Å²) < 4.78 is 7.31. The summed E-state index contributed by atoms with van der Waals surface area (Å²) in [5.74, 6) is 0. The third-order valence-electron chi connectivity index (χ3n) is 2.92. The van der Waals surface area contributed by atoms with Gasteiger partial charge in [0.15, 0.2) is 0 Å². The number of hydrogen-bond acceptors (Lipinski definition) is 3. The minimum absolute atomic E-state index is 0.0738. The van der Waals surface area contributed by atoms with Crippen molar-refractivity contribution in [2.45, 2.75) is 52.7 Å². The van der Waals surface area contributed by atoms with E-state index < -0.39 is 0 Å². The fraction of sp³-hybridized carbons (Fsp3) is 0.769. The molecule has 1 aromatic rings. The molecule has 98 valence electrons. The van der Waals surface area contributed by atoms with Crippen molar-refractivity contribution in [3.8, 4) is 0 Å². The molecule has 0 saturated carbocycles. The Morgan fingerprint density at radius 2 is 2.06 bits per heavy atom. The highest BCUT2D eigenvalue weighted by Gasteiger charge is 2.19. The molecule has 2 heterocycles. The molecule has 2 rings (SSSR count). The molecule has 0 radical (unpaired) electrons. The Bertz CT molecular complexity index is 317. The maximum Gasteiger partial charge on any atom is 0.0850 e. The van der Waals surface area contributed by atoms with Crippen molar-refractivity contribution in [1.82, 2.24) is 9.78 Å². The standard InChI is InChI=1S/C11H18N2O2.C2H6/c1-2-9-7-11(8-14)13(12-9)10-3-5-15-6-4-10;1-2/h7,10,14H,2-6,8H2,1H3;1-2H3. The summed E-state index contributed by atoms with van der Waals surface area (Å²) in [6.07, 6.45) is 2.92. The van der Waals surface area contributed by atoms with Gasteiger partial charge < -0.3 is 9.84 Å². The molecule has 4 nitrogen and oxygen atoms in total. The number of aliphatic hydroxyl groups excluding tert-OH is 1. The molecule has 0 bridgehead atoms. The molecule has 0 amide bonds. The van der Waals surface area contributed by atoms with Crippen LogP contribution in [0.25, 0.3) is 0 Å². The lowest BCUT2D eigenvalue weighted by molar-refractivity contribution is 0.0640. The Hall–Kier alpha value is -0.870. The van der Waals surface area contributed by atoms with Crippen LogP contribution in [-0.2, 0) is 17.8 Å². The van der Waals surface area contributed by atoms with E-state index >= 15 is 0 Å². The van der Waals surface area contributed by atoms with Gasteiger partial charge in [0, 0.05) is 13.2 Å². The van der Waals surface area contributed by atoms with Crippen molar-refractivity contribution in [3.05, 3.63) is 17.5 Å². The molecule has 4 heteroatoms. The van der Waals surface area contributed by atoms with Gasteiger partial charge in [-0.1, -0.05) is 20.8 Å². The van der Waals surface area contributed by atoms with Gasteiger partial charge in [-0.2, -0.15) is 5.10 Å². The van der Waals surface area contributed by atoms with Gasteiger partial charge in [-0.15, -0.1) is 0 Å². The number of aryl methyl sites for hydroxylation is 1. The summed E-state index contributed by atoms with van der Waals surface area (Å²) in [4.78, 5) is 0. The lowest BCUT2D eigenvalue weighted by Crippen LogP contribution is -2.22. The smallest absolute Gasteiger partial charge is 0.0850 e. The average molecular weight is 240 g/mol. The van der Waals surface area contributed by atoms with Gasteiger partial charge in [0.05, 0.1) is 24.0 Å². The molecule has 0 atom stereocenters. The van der Waals surface area contributed by atoms with Crippen molar-refractivity contribution in [2.24, 2.45) is 0 Å². The van der Waals surface area contributed by atoms with Gasteiger partial charge in [0.25, 0.3) is 0 Å². The van der Waals surface area contributed by atoms with Gasteiger partial charge in [-0.05, 0) is 25.3 Å². The molecule has 0 aliphatic carbocycles. The Morgan fingerprint density at radius 3 is 2.59 bits per heavy atom. The molecule has 1 N–H and O–H groups in total. The summed E-state index contributed by atoms with van der Waals surface area (Å²) in [5.41, 5.74) is 1.99. The molecule has 17 heavy (non-hydrogen) atoms. The monoisotopic (exact) mass is 240 g/mol. The molecule has 1 aliphatic rings. The van der Waals surface area contributed by atoms with E-state index in [9.17, 15) is 5.11 Å². The Kier molecular flexibility index (Phi) is 6.22. The maximum absolute atomic E-state index is 9.27. The van der Waals surface area contributed by atoms with Crippen LogP contribution in [0.1, 0.15) is 51.0 Å².